The number of carbonyl (C=O) groups is 2. The summed E-state index contributed by atoms with van der Waals surface area (Å²) in [4.78, 5) is 34.5. The Morgan fingerprint density at radius 1 is 1.22 bits per heavy atom. The van der Waals surface area contributed by atoms with Crippen molar-refractivity contribution in [2.45, 2.75) is 6.42 Å². The zero-order valence-corrected chi connectivity index (χ0v) is 19.7. The maximum atomic E-state index is 12.4. The second-order valence-electron chi connectivity index (χ2n) is 7.25. The summed E-state index contributed by atoms with van der Waals surface area (Å²) in [5.74, 6) is -0.200. The van der Waals surface area contributed by atoms with E-state index in [0.717, 1.165) is 4.88 Å². The number of anilines is 1. The molecule has 5 N–H and O–H groups in total. The molecular formula is C23H20N8O4S. The second kappa shape index (κ2) is 11.0. The van der Waals surface area contributed by atoms with Crippen LogP contribution >= 0.6 is 11.3 Å². The number of benzene rings is 1. The molecule has 12 nitrogen and oxygen atoms in total. The van der Waals surface area contributed by atoms with E-state index in [0.29, 0.717) is 28.4 Å². The van der Waals surface area contributed by atoms with E-state index in [4.69, 9.17) is 20.4 Å². The third-order valence-electron chi connectivity index (χ3n) is 4.83. The van der Waals surface area contributed by atoms with Crippen molar-refractivity contribution in [3.05, 3.63) is 71.8 Å². The summed E-state index contributed by atoms with van der Waals surface area (Å²) in [6.45, 7) is 0. The average Bonchev–Trinajstić information content (AvgIpc) is 3.56. The van der Waals surface area contributed by atoms with E-state index in [9.17, 15) is 9.59 Å². The molecule has 0 saturated heterocycles. The van der Waals surface area contributed by atoms with Crippen molar-refractivity contribution < 1.29 is 18.7 Å². The number of methoxy groups -OCH3 is 1. The molecule has 0 bridgehead atoms. The van der Waals surface area contributed by atoms with Gasteiger partial charge in [-0.15, -0.1) is 11.3 Å². The molecule has 0 spiro atoms. The Labute approximate surface area is 208 Å². The van der Waals surface area contributed by atoms with E-state index in [1.807, 2.05) is 11.4 Å². The molecule has 13 heteroatoms. The van der Waals surface area contributed by atoms with Crippen LogP contribution in [0.15, 0.2) is 75.2 Å². The van der Waals surface area contributed by atoms with Gasteiger partial charge in [0.25, 0.3) is 5.91 Å². The zero-order chi connectivity index (χ0) is 25.5. The Hall–Kier alpha value is -4.91. The fourth-order valence-corrected chi connectivity index (χ4v) is 4.03. The number of furan rings is 1. The van der Waals surface area contributed by atoms with E-state index in [-0.39, 0.29) is 29.6 Å². The topological polar surface area (TPSA) is 181 Å². The maximum absolute atomic E-state index is 12.4. The predicted octanol–water partition coefficient (Wildman–Crippen LogP) is 3.65. The van der Waals surface area contributed by atoms with Crippen LogP contribution in [0.3, 0.4) is 0 Å². The lowest BCUT2D eigenvalue weighted by atomic mass is 10.1. The van der Waals surface area contributed by atoms with Crippen LogP contribution in [-0.2, 0) is 11.2 Å². The normalized spacial score (nSPS) is 11.1. The number of hydrogen-bond donors (Lipinski definition) is 4. The molecule has 36 heavy (non-hydrogen) atoms. The standard InChI is InChI=1S/C23H20N8O4S/c1-34-19-7-13(4-5-16(19)22(33)29-23(24)30-31-25)17-10-26-11-18(28-17)20-8-14(12-36-20)27-21(32)9-15-3-2-6-35-15/h2-8,10-12H,9H2,1H3,(H,27,32)(H4,24,25,29,30,33). The van der Waals surface area contributed by atoms with E-state index in [1.165, 1.54) is 24.7 Å². The van der Waals surface area contributed by atoms with Crippen LogP contribution in [0.2, 0.25) is 0 Å². The fourth-order valence-electron chi connectivity index (χ4n) is 3.24. The highest BCUT2D eigenvalue weighted by molar-refractivity contribution is 7.14. The van der Waals surface area contributed by atoms with Crippen LogP contribution in [-0.4, -0.2) is 34.9 Å². The number of aromatic nitrogens is 2. The third kappa shape index (κ3) is 5.77. The zero-order valence-electron chi connectivity index (χ0n) is 18.9. The van der Waals surface area contributed by atoms with Gasteiger partial charge in [0, 0.05) is 10.9 Å². The van der Waals surface area contributed by atoms with Gasteiger partial charge in [-0.25, -0.2) is 4.98 Å². The summed E-state index contributed by atoms with van der Waals surface area (Å²) in [7, 11) is 1.43. The first-order chi connectivity index (χ1) is 17.5. The van der Waals surface area contributed by atoms with Crippen LogP contribution in [0.25, 0.3) is 21.8 Å². The summed E-state index contributed by atoms with van der Waals surface area (Å²) in [5.41, 5.74) is 14.9. The van der Waals surface area contributed by atoms with Gasteiger partial charge in [0.05, 0.1) is 59.7 Å². The Kier molecular flexibility index (Phi) is 7.41. The first-order valence-corrected chi connectivity index (χ1v) is 11.3. The summed E-state index contributed by atoms with van der Waals surface area (Å²) in [5, 5.41) is 13.0. The van der Waals surface area contributed by atoms with Gasteiger partial charge < -0.3 is 20.2 Å². The number of guanidine groups is 1. The minimum absolute atomic E-state index is 0.141. The first-order valence-electron chi connectivity index (χ1n) is 10.4. The number of carbonyl (C=O) groups excluding carboxylic acids is 2. The number of amides is 2. The van der Waals surface area contributed by atoms with Gasteiger partial charge in [0.15, 0.2) is 0 Å². The summed E-state index contributed by atoms with van der Waals surface area (Å²) in [6, 6.07) is 10.2. The van der Waals surface area contributed by atoms with E-state index >= 15 is 0 Å². The minimum Gasteiger partial charge on any atom is -0.496 e. The number of ether oxygens (including phenoxy) is 1. The average molecular weight is 505 g/mol. The number of nitrogens with two attached hydrogens (primary N) is 1. The van der Waals surface area contributed by atoms with Crippen LogP contribution in [0.4, 0.5) is 5.69 Å². The van der Waals surface area contributed by atoms with Crippen molar-refractivity contribution in [1.82, 2.24) is 15.3 Å². The molecule has 0 aliphatic rings. The molecule has 0 fully saturated rings. The number of nitrogens with one attached hydrogen (secondary N) is 3. The van der Waals surface area contributed by atoms with Gasteiger partial charge in [0.1, 0.15) is 11.5 Å². The highest BCUT2D eigenvalue weighted by atomic mass is 32.1. The van der Waals surface area contributed by atoms with Crippen LogP contribution in [0.5, 0.6) is 5.75 Å². The smallest absolute Gasteiger partial charge is 0.261 e. The molecule has 2 amide bonds. The van der Waals surface area contributed by atoms with Gasteiger partial charge in [-0.3, -0.25) is 19.9 Å². The van der Waals surface area contributed by atoms with Crippen LogP contribution < -0.4 is 21.1 Å². The van der Waals surface area contributed by atoms with E-state index in [1.54, 1.807) is 42.7 Å². The van der Waals surface area contributed by atoms with Crippen LogP contribution in [0.1, 0.15) is 16.1 Å². The SMILES string of the molecule is COc1cc(-c2cncc(-c3cc(NC(=O)Cc4ccco4)cs3)n2)ccc1C(=O)N/C(N)=N/N=N. The van der Waals surface area contributed by atoms with Crippen LogP contribution in [0, 0.1) is 5.53 Å². The molecule has 1 aromatic carbocycles. The van der Waals surface area contributed by atoms with Gasteiger partial charge in [-0.2, -0.15) is 5.53 Å². The summed E-state index contributed by atoms with van der Waals surface area (Å²) >= 11 is 1.42. The minimum atomic E-state index is -0.566. The maximum Gasteiger partial charge on any atom is 0.261 e. The molecule has 0 saturated carbocycles. The number of nitrogens with zero attached hydrogens (tertiary/aromatic N) is 4. The molecule has 3 aromatic heterocycles. The second-order valence-corrected chi connectivity index (χ2v) is 8.16. The summed E-state index contributed by atoms with van der Waals surface area (Å²) < 4.78 is 10.6. The van der Waals surface area contributed by atoms with Gasteiger partial charge in [-0.1, -0.05) is 11.2 Å². The highest BCUT2D eigenvalue weighted by Crippen LogP contribution is 2.31. The lowest BCUT2D eigenvalue weighted by Gasteiger charge is -2.11. The molecule has 3 heterocycles. The molecule has 0 aliphatic carbocycles. The fraction of sp³-hybridized carbons (Fsp3) is 0.0870. The van der Waals surface area contributed by atoms with E-state index < -0.39 is 5.91 Å². The van der Waals surface area contributed by atoms with Crippen molar-refractivity contribution in [2.75, 3.05) is 12.4 Å². The Morgan fingerprint density at radius 3 is 2.81 bits per heavy atom. The molecule has 0 aliphatic heterocycles. The van der Waals surface area contributed by atoms with Gasteiger partial charge >= 0.3 is 0 Å². The molecule has 0 radical (unpaired) electrons. The monoisotopic (exact) mass is 504 g/mol. The van der Waals surface area contributed by atoms with Crippen molar-refractivity contribution >= 4 is 34.8 Å². The number of thiophene rings is 1. The third-order valence-corrected chi connectivity index (χ3v) is 5.78. The van der Waals surface area contributed by atoms with Crippen molar-refractivity contribution in [3.8, 4) is 27.6 Å². The molecule has 0 unspecified atom stereocenters. The largest absolute Gasteiger partial charge is 0.496 e. The number of hydrogen-bond acceptors (Lipinski definition) is 9. The lowest BCUT2D eigenvalue weighted by molar-refractivity contribution is -0.115. The lowest BCUT2D eigenvalue weighted by Crippen LogP contribution is -2.36. The van der Waals surface area contributed by atoms with Crippen molar-refractivity contribution in [2.24, 2.45) is 16.1 Å². The highest BCUT2D eigenvalue weighted by Gasteiger charge is 2.16. The molecule has 0 atom stereocenters. The quantitative estimate of drug-likeness (QED) is 0.122. The van der Waals surface area contributed by atoms with Crippen molar-refractivity contribution in [1.29, 1.82) is 5.53 Å². The number of rotatable bonds is 8. The first kappa shape index (κ1) is 24.2. The molecule has 4 aromatic rings. The van der Waals surface area contributed by atoms with Gasteiger partial charge in [-0.05, 0) is 35.6 Å². The molecule has 4 rings (SSSR count). The Morgan fingerprint density at radius 2 is 2.06 bits per heavy atom. The molecule has 182 valence electrons. The van der Waals surface area contributed by atoms with Crippen molar-refractivity contribution in [3.63, 3.8) is 0 Å². The Balaban J connectivity index is 1.52. The molecular weight excluding hydrogens is 484 g/mol. The summed E-state index contributed by atoms with van der Waals surface area (Å²) in [6.07, 6.45) is 4.89. The van der Waals surface area contributed by atoms with E-state index in [2.05, 4.69) is 30.9 Å². The van der Waals surface area contributed by atoms with Gasteiger partial charge in [0.2, 0.25) is 11.9 Å². The predicted molar refractivity (Wildman–Crippen MR) is 133 cm³/mol. The Bertz CT molecular complexity index is 1430.